The maximum absolute atomic E-state index is 12.8. The first-order valence-electron chi connectivity index (χ1n) is 10.0. The molecule has 9 nitrogen and oxygen atoms in total. The van der Waals surface area contributed by atoms with Crippen LogP contribution in [0.1, 0.15) is 37.7 Å². The Morgan fingerprint density at radius 1 is 1.19 bits per heavy atom. The number of carbonyl (C=O) groups excluding carboxylic acids is 3. The van der Waals surface area contributed by atoms with Gasteiger partial charge in [-0.25, -0.2) is 17.9 Å². The van der Waals surface area contributed by atoms with Crippen molar-refractivity contribution in [2.24, 2.45) is 0 Å². The first-order chi connectivity index (χ1) is 14.9. The van der Waals surface area contributed by atoms with Gasteiger partial charge in [-0.2, -0.15) is 13.2 Å². The van der Waals surface area contributed by atoms with E-state index in [-0.39, 0.29) is 25.4 Å². The van der Waals surface area contributed by atoms with Gasteiger partial charge in [-0.15, -0.1) is 0 Å². The predicted molar refractivity (Wildman–Crippen MR) is 106 cm³/mol. The molecule has 1 aliphatic heterocycles. The highest BCUT2D eigenvalue weighted by Gasteiger charge is 2.52. The third-order valence-corrected chi connectivity index (χ3v) is 6.88. The second-order valence-corrected chi connectivity index (χ2v) is 9.50. The van der Waals surface area contributed by atoms with Gasteiger partial charge in [-0.05, 0) is 37.5 Å². The van der Waals surface area contributed by atoms with Gasteiger partial charge in [0.1, 0.15) is 5.54 Å². The van der Waals surface area contributed by atoms with Crippen LogP contribution in [0.25, 0.3) is 0 Å². The number of alkyl halides is 3. The minimum atomic E-state index is -4.70. The van der Waals surface area contributed by atoms with E-state index in [1.54, 1.807) is 0 Å². The second kappa shape index (κ2) is 9.06. The number of urea groups is 1. The van der Waals surface area contributed by atoms with E-state index >= 15 is 0 Å². The fourth-order valence-electron chi connectivity index (χ4n) is 3.81. The van der Waals surface area contributed by atoms with Crippen LogP contribution in [-0.4, -0.2) is 56.3 Å². The van der Waals surface area contributed by atoms with Gasteiger partial charge in [0.2, 0.25) is 15.9 Å². The van der Waals surface area contributed by atoms with Crippen molar-refractivity contribution in [1.29, 1.82) is 0 Å². The van der Waals surface area contributed by atoms with Crippen molar-refractivity contribution < 1.29 is 36.0 Å². The van der Waals surface area contributed by atoms with Crippen molar-refractivity contribution >= 4 is 27.9 Å². The Morgan fingerprint density at radius 2 is 1.88 bits per heavy atom. The molecule has 1 saturated carbocycles. The molecule has 0 bridgehead atoms. The van der Waals surface area contributed by atoms with Crippen LogP contribution in [-0.2, 0) is 25.8 Å². The summed E-state index contributed by atoms with van der Waals surface area (Å²) in [6.45, 7) is -0.498. The Balaban J connectivity index is 1.44. The number of nitrogens with zero attached hydrogens (tertiary/aromatic N) is 1. The van der Waals surface area contributed by atoms with Crippen LogP contribution in [0.3, 0.4) is 0 Å². The first-order valence-corrected chi connectivity index (χ1v) is 11.5. The molecule has 0 radical (unpaired) electrons. The summed E-state index contributed by atoms with van der Waals surface area (Å²) in [5, 5.41) is 5.19. The lowest BCUT2D eigenvalue weighted by Crippen LogP contribution is -2.44. The summed E-state index contributed by atoms with van der Waals surface area (Å²) in [6.07, 6.45) is -1.48. The average Bonchev–Trinajstić information content (AvgIpc) is 3.29. The number of rotatable bonds is 8. The van der Waals surface area contributed by atoms with Crippen molar-refractivity contribution in [2.75, 3.05) is 19.6 Å². The van der Waals surface area contributed by atoms with E-state index in [1.807, 2.05) is 4.72 Å². The molecule has 32 heavy (non-hydrogen) atoms. The van der Waals surface area contributed by atoms with E-state index in [0.29, 0.717) is 18.9 Å². The van der Waals surface area contributed by atoms with E-state index in [2.05, 4.69) is 10.6 Å². The molecule has 0 aromatic heterocycles. The molecule has 1 heterocycles. The quantitative estimate of drug-likeness (QED) is 0.386. The van der Waals surface area contributed by atoms with Gasteiger partial charge in [0.25, 0.3) is 5.91 Å². The van der Waals surface area contributed by atoms with Crippen LogP contribution in [0.2, 0.25) is 0 Å². The Kier molecular flexibility index (Phi) is 6.79. The summed E-state index contributed by atoms with van der Waals surface area (Å²) >= 11 is 0. The highest BCUT2D eigenvalue weighted by molar-refractivity contribution is 7.89. The maximum atomic E-state index is 12.8. The van der Waals surface area contributed by atoms with Crippen LogP contribution in [0.15, 0.2) is 29.2 Å². The highest BCUT2D eigenvalue weighted by Crippen LogP contribution is 2.35. The van der Waals surface area contributed by atoms with Crippen molar-refractivity contribution in [3.63, 3.8) is 0 Å². The molecule has 1 aliphatic carbocycles. The molecule has 0 unspecified atom stereocenters. The van der Waals surface area contributed by atoms with E-state index in [4.69, 9.17) is 0 Å². The molecule has 1 aromatic rings. The Morgan fingerprint density at radius 3 is 2.53 bits per heavy atom. The lowest BCUT2D eigenvalue weighted by molar-refractivity contribution is -0.137. The summed E-state index contributed by atoms with van der Waals surface area (Å²) in [4.78, 5) is 37.0. The number of imide groups is 1. The molecular weight excluding hydrogens is 453 g/mol. The zero-order valence-electron chi connectivity index (χ0n) is 17.0. The van der Waals surface area contributed by atoms with Gasteiger partial charge in [0.15, 0.2) is 0 Å². The zero-order valence-corrected chi connectivity index (χ0v) is 17.8. The third kappa shape index (κ3) is 5.21. The minimum absolute atomic E-state index is 0.0776. The molecule has 13 heteroatoms. The summed E-state index contributed by atoms with van der Waals surface area (Å²) in [5.74, 6) is -0.967. The lowest BCUT2D eigenvalue weighted by Gasteiger charge is -2.20. The van der Waals surface area contributed by atoms with Crippen LogP contribution in [0.5, 0.6) is 0 Å². The summed E-state index contributed by atoms with van der Waals surface area (Å²) in [6, 6.07) is 2.71. The van der Waals surface area contributed by atoms with Gasteiger partial charge >= 0.3 is 12.2 Å². The van der Waals surface area contributed by atoms with Crippen LogP contribution in [0.4, 0.5) is 18.0 Å². The number of amides is 4. The van der Waals surface area contributed by atoms with Gasteiger partial charge in [-0.1, -0.05) is 18.9 Å². The molecule has 0 atom stereocenters. The van der Waals surface area contributed by atoms with Crippen LogP contribution < -0.4 is 15.4 Å². The molecule has 4 amide bonds. The van der Waals surface area contributed by atoms with Gasteiger partial charge in [0.05, 0.1) is 17.0 Å². The molecule has 3 rings (SSSR count). The van der Waals surface area contributed by atoms with Crippen molar-refractivity contribution in [2.45, 2.75) is 48.7 Å². The largest absolute Gasteiger partial charge is 0.416 e. The number of nitrogens with one attached hydrogen (secondary N) is 3. The average molecular weight is 476 g/mol. The Hall–Kier alpha value is -2.67. The van der Waals surface area contributed by atoms with Crippen LogP contribution >= 0.6 is 0 Å². The smallest absolute Gasteiger partial charge is 0.355 e. The number of benzene rings is 1. The normalized spacial score (nSPS) is 18.3. The topological polar surface area (TPSA) is 125 Å². The van der Waals surface area contributed by atoms with Crippen molar-refractivity contribution in [3.8, 4) is 0 Å². The summed E-state index contributed by atoms with van der Waals surface area (Å²) in [7, 11) is -4.33. The first kappa shape index (κ1) is 24.0. The number of hydrogen-bond acceptors (Lipinski definition) is 5. The third-order valence-electron chi connectivity index (χ3n) is 5.48. The number of halogens is 3. The fraction of sp³-hybridized carbons (Fsp3) is 0.526. The summed E-state index contributed by atoms with van der Waals surface area (Å²) in [5.41, 5.74) is -1.92. The number of sulfonamides is 1. The van der Waals surface area contributed by atoms with Gasteiger partial charge in [-0.3, -0.25) is 14.5 Å². The van der Waals surface area contributed by atoms with E-state index in [9.17, 15) is 36.0 Å². The zero-order chi connectivity index (χ0) is 23.6. The minimum Gasteiger partial charge on any atom is -0.355 e. The standard InChI is InChI=1S/C19H23F3N4O5S/c20-19(21,22)13-5-3-6-14(11-13)32(30,31)24-12-15(27)23-9-4-10-26-16(28)18(25-17(26)29)7-1-2-8-18/h3,5-6,11,24H,1-2,4,7-10,12H2,(H,23,27)(H,25,29). The van der Waals surface area contributed by atoms with Crippen molar-refractivity contribution in [1.82, 2.24) is 20.3 Å². The molecule has 1 spiro atoms. The second-order valence-electron chi connectivity index (χ2n) is 7.73. The number of hydrogen-bond donors (Lipinski definition) is 3. The Labute approximate surface area is 182 Å². The highest BCUT2D eigenvalue weighted by atomic mass is 32.2. The monoisotopic (exact) mass is 476 g/mol. The Bertz CT molecular complexity index is 1010. The van der Waals surface area contributed by atoms with Gasteiger partial charge < -0.3 is 10.6 Å². The van der Waals surface area contributed by atoms with E-state index < -0.39 is 50.7 Å². The molecule has 1 saturated heterocycles. The maximum Gasteiger partial charge on any atom is 0.416 e. The molecule has 2 aliphatic rings. The van der Waals surface area contributed by atoms with E-state index in [0.717, 1.165) is 35.9 Å². The fourth-order valence-corrected chi connectivity index (χ4v) is 4.84. The number of carbonyl (C=O) groups is 3. The molecule has 1 aromatic carbocycles. The van der Waals surface area contributed by atoms with Crippen molar-refractivity contribution in [3.05, 3.63) is 29.8 Å². The van der Waals surface area contributed by atoms with E-state index in [1.165, 1.54) is 0 Å². The van der Waals surface area contributed by atoms with Crippen LogP contribution in [0, 0.1) is 0 Å². The molecule has 2 fully saturated rings. The molecular formula is C19H23F3N4O5S. The summed E-state index contributed by atoms with van der Waals surface area (Å²) < 4.78 is 64.6. The predicted octanol–water partition coefficient (Wildman–Crippen LogP) is 1.35. The molecule has 3 N–H and O–H groups in total. The molecule has 176 valence electrons. The SMILES string of the molecule is O=C(CNS(=O)(=O)c1cccc(C(F)(F)F)c1)NCCCN1C(=O)NC2(CCCC2)C1=O. The van der Waals surface area contributed by atoms with Gasteiger partial charge in [0, 0.05) is 13.1 Å². The lowest BCUT2D eigenvalue weighted by atomic mass is 9.98.